The van der Waals surface area contributed by atoms with Gasteiger partial charge >= 0.3 is 7.82 Å². The van der Waals surface area contributed by atoms with Gasteiger partial charge < -0.3 is 10.00 Å². The van der Waals surface area contributed by atoms with Gasteiger partial charge in [-0.3, -0.25) is 9.05 Å². The average molecular weight is 170 g/mol. The molecule has 0 amide bonds. The van der Waals surface area contributed by atoms with Gasteiger partial charge in [0.25, 0.3) is 0 Å². The second-order valence-electron chi connectivity index (χ2n) is 1.75. The van der Waals surface area contributed by atoms with Crippen LogP contribution in [0.25, 0.3) is 0 Å². The Kier molecular flexibility index (Phi) is 4.08. The Morgan fingerprint density at radius 2 is 2.20 bits per heavy atom. The Morgan fingerprint density at radius 3 is 2.50 bits per heavy atom. The predicted octanol–water partition coefficient (Wildman–Crippen LogP) is 0.131. The fourth-order valence-electron chi connectivity index (χ4n) is 0.304. The van der Waals surface area contributed by atoms with E-state index in [1.807, 2.05) is 0 Å². The molecule has 6 heteroatoms. The lowest BCUT2D eigenvalue weighted by atomic mass is 10.5. The molecule has 0 aromatic rings. The molecular formula is C4H11O5P. The van der Waals surface area contributed by atoms with Crippen LogP contribution in [0, 0.1) is 0 Å². The van der Waals surface area contributed by atoms with Crippen LogP contribution in [-0.2, 0) is 13.6 Å². The highest BCUT2D eigenvalue weighted by molar-refractivity contribution is 7.47. The van der Waals surface area contributed by atoms with Crippen molar-refractivity contribution in [1.82, 2.24) is 0 Å². The maximum atomic E-state index is 10.6. The number of hydrogen-bond acceptors (Lipinski definition) is 4. The first-order valence-electron chi connectivity index (χ1n) is 2.69. The van der Waals surface area contributed by atoms with Gasteiger partial charge in [0.05, 0.1) is 12.7 Å². The first-order valence-corrected chi connectivity index (χ1v) is 4.19. The number of hydrogen-bond donors (Lipinski definition) is 2. The minimum Gasteiger partial charge on any atom is -0.394 e. The Hall–Kier alpha value is 0.0700. The first kappa shape index (κ1) is 10.1. The largest absolute Gasteiger partial charge is 0.472 e. The van der Waals surface area contributed by atoms with Gasteiger partial charge in [-0.05, 0) is 6.92 Å². The lowest BCUT2D eigenvalue weighted by Gasteiger charge is -2.12. The van der Waals surface area contributed by atoms with Gasteiger partial charge in [-0.25, -0.2) is 4.57 Å². The standard InChI is InChI=1S/C4H11O5P/c1-4(3-5)9-10(6,7)8-2/h4-5H,3H2,1-2H3,(H,6,7). The van der Waals surface area contributed by atoms with Gasteiger partial charge in [-0.1, -0.05) is 0 Å². The van der Waals surface area contributed by atoms with Gasteiger partial charge in [0.15, 0.2) is 0 Å². The van der Waals surface area contributed by atoms with Crippen LogP contribution in [0.1, 0.15) is 6.92 Å². The highest BCUT2D eigenvalue weighted by Gasteiger charge is 2.21. The third-order valence-electron chi connectivity index (χ3n) is 0.801. The Balaban J connectivity index is 3.77. The summed E-state index contributed by atoms with van der Waals surface area (Å²) in [6.45, 7) is 1.15. The normalized spacial score (nSPS) is 20.0. The van der Waals surface area contributed by atoms with Crippen LogP contribution in [0.2, 0.25) is 0 Å². The van der Waals surface area contributed by atoms with Crippen molar-refractivity contribution in [3.05, 3.63) is 0 Å². The molecule has 0 aliphatic heterocycles. The van der Waals surface area contributed by atoms with Gasteiger partial charge in [-0.2, -0.15) is 0 Å². The van der Waals surface area contributed by atoms with Crippen molar-refractivity contribution >= 4 is 7.82 Å². The van der Waals surface area contributed by atoms with Crippen LogP contribution in [0.15, 0.2) is 0 Å². The molecule has 0 spiro atoms. The molecule has 0 aliphatic rings. The molecule has 10 heavy (non-hydrogen) atoms. The summed E-state index contributed by atoms with van der Waals surface area (Å²) >= 11 is 0. The van der Waals surface area contributed by atoms with Crippen LogP contribution >= 0.6 is 7.82 Å². The zero-order valence-corrected chi connectivity index (χ0v) is 6.75. The van der Waals surface area contributed by atoms with Crippen molar-refractivity contribution < 1.29 is 23.6 Å². The van der Waals surface area contributed by atoms with E-state index in [1.54, 1.807) is 0 Å². The monoisotopic (exact) mass is 170 g/mol. The molecule has 0 bridgehead atoms. The van der Waals surface area contributed by atoms with Crippen LogP contribution in [0.5, 0.6) is 0 Å². The Labute approximate surface area is 59.2 Å². The van der Waals surface area contributed by atoms with Gasteiger partial charge in [0.1, 0.15) is 0 Å². The average Bonchev–Trinajstić information content (AvgIpc) is 1.87. The summed E-state index contributed by atoms with van der Waals surface area (Å²) in [4.78, 5) is 8.62. The topological polar surface area (TPSA) is 76.0 Å². The number of aliphatic hydroxyl groups is 1. The summed E-state index contributed by atoms with van der Waals surface area (Å²) in [5, 5.41) is 8.38. The first-order chi connectivity index (χ1) is 4.52. The molecule has 0 aliphatic carbocycles. The molecule has 0 rings (SSSR count). The Morgan fingerprint density at radius 1 is 1.70 bits per heavy atom. The molecule has 5 nitrogen and oxygen atoms in total. The zero-order valence-electron chi connectivity index (χ0n) is 5.85. The molecule has 2 N–H and O–H groups in total. The molecule has 62 valence electrons. The third-order valence-corrected chi connectivity index (χ3v) is 1.89. The van der Waals surface area contributed by atoms with Crippen LogP contribution in [-0.4, -0.2) is 29.8 Å². The van der Waals surface area contributed by atoms with Crippen LogP contribution in [0.3, 0.4) is 0 Å². The van der Waals surface area contributed by atoms with Crippen molar-refractivity contribution in [2.75, 3.05) is 13.7 Å². The molecule has 0 radical (unpaired) electrons. The van der Waals surface area contributed by atoms with E-state index in [-0.39, 0.29) is 6.61 Å². The van der Waals surface area contributed by atoms with Crippen molar-refractivity contribution in [2.45, 2.75) is 13.0 Å². The molecule has 0 aromatic heterocycles. The predicted molar refractivity (Wildman–Crippen MR) is 34.5 cm³/mol. The Bertz CT molecular complexity index is 136. The highest BCUT2D eigenvalue weighted by Crippen LogP contribution is 2.43. The van der Waals surface area contributed by atoms with E-state index < -0.39 is 13.9 Å². The van der Waals surface area contributed by atoms with Crippen LogP contribution < -0.4 is 0 Å². The summed E-state index contributed by atoms with van der Waals surface area (Å²) < 4.78 is 19.0. The summed E-state index contributed by atoms with van der Waals surface area (Å²) in [5.74, 6) is 0. The highest BCUT2D eigenvalue weighted by atomic mass is 31.2. The van der Waals surface area contributed by atoms with E-state index >= 15 is 0 Å². The number of phosphoric acid groups is 1. The third kappa shape index (κ3) is 3.98. The SMILES string of the molecule is COP(=O)(O)OC(C)CO. The lowest BCUT2D eigenvalue weighted by molar-refractivity contribution is 0.0837. The maximum absolute atomic E-state index is 10.6. The number of rotatable bonds is 4. The van der Waals surface area contributed by atoms with E-state index in [2.05, 4.69) is 9.05 Å². The molecule has 0 saturated carbocycles. The minimum absolute atomic E-state index is 0.312. The molecule has 0 aromatic carbocycles. The fourth-order valence-corrected chi connectivity index (χ4v) is 0.911. The molecular weight excluding hydrogens is 159 g/mol. The second-order valence-corrected chi connectivity index (χ2v) is 3.26. The van der Waals surface area contributed by atoms with Crippen molar-refractivity contribution in [1.29, 1.82) is 0 Å². The fraction of sp³-hybridized carbons (Fsp3) is 1.00. The quantitative estimate of drug-likeness (QED) is 0.586. The van der Waals surface area contributed by atoms with Gasteiger partial charge in [0.2, 0.25) is 0 Å². The van der Waals surface area contributed by atoms with E-state index in [9.17, 15) is 4.57 Å². The summed E-state index contributed by atoms with van der Waals surface area (Å²) in [6.07, 6.45) is -0.684. The van der Waals surface area contributed by atoms with Crippen molar-refractivity contribution in [3.63, 3.8) is 0 Å². The lowest BCUT2D eigenvalue weighted by Crippen LogP contribution is -2.11. The van der Waals surface area contributed by atoms with E-state index in [4.69, 9.17) is 10.00 Å². The molecule has 0 heterocycles. The number of aliphatic hydroxyl groups excluding tert-OH is 1. The van der Waals surface area contributed by atoms with Crippen molar-refractivity contribution in [3.8, 4) is 0 Å². The molecule has 0 fully saturated rings. The molecule has 0 saturated heterocycles. The zero-order chi connectivity index (χ0) is 8.20. The summed E-state index contributed by atoms with van der Waals surface area (Å²) in [5.41, 5.74) is 0. The number of phosphoric ester groups is 1. The van der Waals surface area contributed by atoms with E-state index in [0.29, 0.717) is 0 Å². The maximum Gasteiger partial charge on any atom is 0.472 e. The van der Waals surface area contributed by atoms with E-state index in [0.717, 1.165) is 7.11 Å². The summed E-state index contributed by atoms with van der Waals surface area (Å²) in [6, 6.07) is 0. The molecule has 2 atom stereocenters. The van der Waals surface area contributed by atoms with E-state index in [1.165, 1.54) is 6.92 Å². The van der Waals surface area contributed by atoms with Crippen LogP contribution in [0.4, 0.5) is 0 Å². The second kappa shape index (κ2) is 4.05. The smallest absolute Gasteiger partial charge is 0.394 e. The molecule has 2 unspecified atom stereocenters. The van der Waals surface area contributed by atoms with Gasteiger partial charge in [-0.15, -0.1) is 0 Å². The summed E-state index contributed by atoms with van der Waals surface area (Å²) in [7, 11) is -2.85. The minimum atomic E-state index is -3.91. The van der Waals surface area contributed by atoms with Crippen molar-refractivity contribution in [2.24, 2.45) is 0 Å². The van der Waals surface area contributed by atoms with Gasteiger partial charge in [0, 0.05) is 7.11 Å².